The molecule has 0 saturated carbocycles. The van der Waals surface area contributed by atoms with Crippen molar-refractivity contribution >= 4 is 24.7 Å². The molecule has 4 nitrogen and oxygen atoms in total. The molecule has 0 aromatic carbocycles. The van der Waals surface area contributed by atoms with Gasteiger partial charge in [-0.05, 0) is 19.9 Å². The number of rotatable bonds is 5. The maximum atomic E-state index is 5.82. The summed E-state index contributed by atoms with van der Waals surface area (Å²) in [6, 6.07) is 0. The second-order valence-corrected chi connectivity index (χ2v) is 6.73. The minimum absolute atomic E-state index is 0.266. The highest BCUT2D eigenvalue weighted by molar-refractivity contribution is 8.51. The van der Waals surface area contributed by atoms with Gasteiger partial charge in [-0.25, -0.2) is 4.98 Å². The molecule has 1 heterocycles. The van der Waals surface area contributed by atoms with Crippen molar-refractivity contribution in [1.29, 1.82) is 0 Å². The molecule has 1 aliphatic rings. The number of nitrogens with zero attached hydrogens (tertiary/aromatic N) is 2. The summed E-state index contributed by atoms with van der Waals surface area (Å²) in [6.07, 6.45) is 13.5. The SMILES string of the molecule is CC=COC1(C)C=CC=CC1SPc1ncn[nH]1. The van der Waals surface area contributed by atoms with Crippen LogP contribution < -0.4 is 5.57 Å². The number of aromatic nitrogens is 3. The van der Waals surface area contributed by atoms with Crippen LogP contribution in [0.25, 0.3) is 0 Å². The largest absolute Gasteiger partial charge is 0.490 e. The van der Waals surface area contributed by atoms with Crippen LogP contribution in [0.2, 0.25) is 0 Å². The number of hydrogen-bond acceptors (Lipinski definition) is 4. The smallest absolute Gasteiger partial charge is 0.154 e. The number of nitrogens with one attached hydrogen (secondary N) is 1. The average molecular weight is 281 g/mol. The van der Waals surface area contributed by atoms with Gasteiger partial charge in [-0.3, -0.25) is 5.10 Å². The first kappa shape index (κ1) is 13.4. The molecule has 3 atom stereocenters. The van der Waals surface area contributed by atoms with Crippen molar-refractivity contribution in [3.05, 3.63) is 43.0 Å². The number of ether oxygens (including phenoxy) is 1. The number of aromatic amines is 1. The van der Waals surface area contributed by atoms with Crippen LogP contribution >= 0.6 is 19.2 Å². The van der Waals surface area contributed by atoms with E-state index in [-0.39, 0.29) is 10.9 Å². The number of allylic oxidation sites excluding steroid dienone is 3. The molecule has 0 aliphatic heterocycles. The lowest BCUT2D eigenvalue weighted by molar-refractivity contribution is 0.0931. The van der Waals surface area contributed by atoms with Gasteiger partial charge in [0.15, 0.2) is 5.57 Å². The zero-order valence-electron chi connectivity index (χ0n) is 10.3. The van der Waals surface area contributed by atoms with Crippen LogP contribution in [0, 0.1) is 0 Å². The van der Waals surface area contributed by atoms with Gasteiger partial charge in [0, 0.05) is 7.78 Å². The van der Waals surface area contributed by atoms with Gasteiger partial charge in [-0.2, -0.15) is 5.10 Å². The molecular weight excluding hydrogens is 265 g/mol. The van der Waals surface area contributed by atoms with Gasteiger partial charge in [0.2, 0.25) is 0 Å². The lowest BCUT2D eigenvalue weighted by atomic mass is 9.97. The van der Waals surface area contributed by atoms with Crippen molar-refractivity contribution in [3.63, 3.8) is 0 Å². The predicted octanol–water partition coefficient (Wildman–Crippen LogP) is 2.56. The van der Waals surface area contributed by atoms with Crippen molar-refractivity contribution in [2.24, 2.45) is 0 Å². The van der Waals surface area contributed by atoms with E-state index in [2.05, 4.69) is 40.3 Å². The van der Waals surface area contributed by atoms with Crippen molar-refractivity contribution in [2.75, 3.05) is 0 Å². The quantitative estimate of drug-likeness (QED) is 0.665. The second-order valence-electron chi connectivity index (χ2n) is 3.99. The van der Waals surface area contributed by atoms with Gasteiger partial charge in [0.25, 0.3) is 0 Å². The molecule has 6 heteroatoms. The van der Waals surface area contributed by atoms with Crippen LogP contribution in [-0.2, 0) is 4.74 Å². The minimum atomic E-state index is -0.307. The van der Waals surface area contributed by atoms with Crippen LogP contribution in [0.4, 0.5) is 0 Å². The first-order valence-electron chi connectivity index (χ1n) is 5.66. The summed E-state index contributed by atoms with van der Waals surface area (Å²) in [5, 5.41) is 7.00. The normalized spacial score (nSPS) is 27.6. The van der Waals surface area contributed by atoms with Crippen molar-refractivity contribution in [3.8, 4) is 0 Å². The van der Waals surface area contributed by atoms with E-state index < -0.39 is 0 Å². The Morgan fingerprint density at radius 3 is 3.17 bits per heavy atom. The van der Waals surface area contributed by atoms with Crippen molar-refractivity contribution in [2.45, 2.75) is 24.7 Å². The van der Waals surface area contributed by atoms with Crippen molar-refractivity contribution in [1.82, 2.24) is 15.2 Å². The molecule has 1 aromatic heterocycles. The number of H-pyrrole nitrogens is 1. The van der Waals surface area contributed by atoms with Crippen molar-refractivity contribution < 1.29 is 4.74 Å². The van der Waals surface area contributed by atoms with Gasteiger partial charge >= 0.3 is 0 Å². The highest BCUT2D eigenvalue weighted by Crippen LogP contribution is 2.41. The van der Waals surface area contributed by atoms with E-state index in [1.165, 1.54) is 6.33 Å². The van der Waals surface area contributed by atoms with E-state index >= 15 is 0 Å². The summed E-state index contributed by atoms with van der Waals surface area (Å²) < 4.78 is 5.82. The fraction of sp³-hybridized carbons (Fsp3) is 0.333. The molecule has 1 N–H and O–H groups in total. The predicted molar refractivity (Wildman–Crippen MR) is 78.3 cm³/mol. The highest BCUT2D eigenvalue weighted by atomic mass is 32.7. The Hall–Kier alpha value is -1.06. The third-order valence-corrected chi connectivity index (χ3v) is 5.67. The van der Waals surface area contributed by atoms with Crippen LogP contribution in [0.3, 0.4) is 0 Å². The molecule has 2 rings (SSSR count). The third-order valence-electron chi connectivity index (χ3n) is 2.54. The zero-order chi connectivity index (χ0) is 12.8. The molecule has 0 fully saturated rings. The first-order chi connectivity index (χ1) is 8.74. The Balaban J connectivity index is 2.00. The summed E-state index contributed by atoms with van der Waals surface area (Å²) in [6.45, 7) is 4.04. The molecule has 96 valence electrons. The fourth-order valence-electron chi connectivity index (χ4n) is 1.55. The third kappa shape index (κ3) is 3.24. The molecule has 0 radical (unpaired) electrons. The van der Waals surface area contributed by atoms with Crippen LogP contribution in [0.1, 0.15) is 13.8 Å². The Kier molecular flexibility index (Phi) is 4.61. The summed E-state index contributed by atoms with van der Waals surface area (Å²) in [5.74, 6) is 0. The van der Waals surface area contributed by atoms with Gasteiger partial charge in [-0.1, -0.05) is 24.3 Å². The molecule has 1 aliphatic carbocycles. The Morgan fingerprint density at radius 2 is 2.44 bits per heavy atom. The lowest BCUT2D eigenvalue weighted by Gasteiger charge is -2.33. The van der Waals surface area contributed by atoms with E-state index in [0.717, 1.165) is 5.57 Å². The van der Waals surface area contributed by atoms with E-state index in [9.17, 15) is 0 Å². The average Bonchev–Trinajstić information content (AvgIpc) is 2.89. The summed E-state index contributed by atoms with van der Waals surface area (Å²) >= 11 is 1.81. The Labute approximate surface area is 113 Å². The molecule has 0 bridgehead atoms. The summed E-state index contributed by atoms with van der Waals surface area (Å²) in [5.41, 5.74) is 0.607. The topological polar surface area (TPSA) is 50.8 Å². The van der Waals surface area contributed by atoms with E-state index in [1.807, 2.05) is 30.5 Å². The molecule has 0 saturated heterocycles. The minimum Gasteiger partial charge on any atom is -0.490 e. The maximum Gasteiger partial charge on any atom is 0.154 e. The fourth-order valence-corrected chi connectivity index (χ4v) is 4.49. The Bertz CT molecular complexity index is 458. The van der Waals surface area contributed by atoms with Gasteiger partial charge in [0.05, 0.1) is 11.5 Å². The molecule has 1 aromatic rings. The van der Waals surface area contributed by atoms with Crippen LogP contribution in [0.15, 0.2) is 43.0 Å². The molecular formula is C12H16N3OPS. The van der Waals surface area contributed by atoms with E-state index in [0.29, 0.717) is 7.78 Å². The molecule has 18 heavy (non-hydrogen) atoms. The lowest BCUT2D eigenvalue weighted by Crippen LogP contribution is -2.36. The van der Waals surface area contributed by atoms with Crippen LogP contribution in [-0.4, -0.2) is 26.0 Å². The maximum absolute atomic E-state index is 5.82. The van der Waals surface area contributed by atoms with E-state index in [1.54, 1.807) is 6.26 Å². The van der Waals surface area contributed by atoms with E-state index in [4.69, 9.17) is 4.74 Å². The monoisotopic (exact) mass is 281 g/mol. The molecule has 0 spiro atoms. The first-order valence-corrected chi connectivity index (χ1v) is 8.27. The second kappa shape index (κ2) is 6.21. The highest BCUT2D eigenvalue weighted by Gasteiger charge is 2.33. The number of hydrogen-bond donors (Lipinski definition) is 1. The van der Waals surface area contributed by atoms with Gasteiger partial charge in [0.1, 0.15) is 11.9 Å². The molecule has 0 amide bonds. The van der Waals surface area contributed by atoms with Crippen LogP contribution in [0.5, 0.6) is 0 Å². The van der Waals surface area contributed by atoms with Gasteiger partial charge < -0.3 is 4.74 Å². The van der Waals surface area contributed by atoms with Gasteiger partial charge in [-0.15, -0.1) is 11.4 Å². The summed E-state index contributed by atoms with van der Waals surface area (Å²) in [7, 11) is 0.530. The zero-order valence-corrected chi connectivity index (χ0v) is 12.1. The summed E-state index contributed by atoms with van der Waals surface area (Å²) in [4.78, 5) is 4.14. The Morgan fingerprint density at radius 1 is 1.56 bits per heavy atom. The molecule has 3 unspecified atom stereocenters. The standard InChI is InChI=1S/C12H16N3OPS/c1-3-8-16-12(2)7-5-4-6-10(12)18-17-11-13-9-14-15-11/h3-10,17H,1-2H3,(H,13,14,15).